The number of nitrogens with one attached hydrogen (secondary N) is 1. The van der Waals surface area contributed by atoms with E-state index in [-0.39, 0.29) is 47.6 Å². The topological polar surface area (TPSA) is 99.3 Å². The molecule has 30 heavy (non-hydrogen) atoms. The minimum absolute atomic E-state index is 0.0351. The number of Topliss-reactive ketones (excluding diaryl/α,β-unsaturated/α-hetero) is 1. The molecular formula is C20H17BFN5O3. The van der Waals surface area contributed by atoms with Gasteiger partial charge >= 0.3 is 0 Å². The molecule has 1 unspecified atom stereocenters. The fourth-order valence-corrected chi connectivity index (χ4v) is 3.65. The molecule has 0 bridgehead atoms. The number of hydrogen-bond donors (Lipinski definition) is 1. The quantitative estimate of drug-likeness (QED) is 0.388. The summed E-state index contributed by atoms with van der Waals surface area (Å²) in [6.07, 6.45) is 3.71. The number of piperazine rings is 1. The normalized spacial score (nSPS) is 16.7. The molecule has 4 heterocycles. The fraction of sp³-hybridized carbons (Fsp3) is 0.250. The summed E-state index contributed by atoms with van der Waals surface area (Å²) in [6, 6.07) is 4.67. The summed E-state index contributed by atoms with van der Waals surface area (Å²) in [5.41, 5.74) is 0.430. The average molecular weight is 405 g/mol. The number of hydrogen-bond acceptors (Lipinski definition) is 5. The van der Waals surface area contributed by atoms with E-state index in [2.05, 4.69) is 15.0 Å². The predicted octanol–water partition coefficient (Wildman–Crippen LogP) is 0.447. The molecule has 1 aliphatic heterocycles. The molecule has 2 amide bonds. The Morgan fingerprint density at radius 1 is 1.23 bits per heavy atom. The van der Waals surface area contributed by atoms with Crippen LogP contribution in [0.1, 0.15) is 27.8 Å². The molecule has 0 aliphatic carbocycles. The summed E-state index contributed by atoms with van der Waals surface area (Å²) in [5, 5.41) is -0.0579. The lowest BCUT2D eigenvalue weighted by molar-refractivity contribution is -0.130. The van der Waals surface area contributed by atoms with Gasteiger partial charge in [-0.2, -0.15) is 0 Å². The van der Waals surface area contributed by atoms with E-state index in [0.717, 1.165) is 6.20 Å². The standard InChI is InChI=1S/C20H17BFN5O3/c1-11-10-26(19(29)14-4-2-3-5-23-14)6-7-27(11)20(30)17(28)12-8-24-16-15(12)13(22)9-25-18(16)21/h2-5,8-9,11,24H,6-7,10H2,1H3. The lowest BCUT2D eigenvalue weighted by Crippen LogP contribution is -2.56. The number of aromatic amines is 1. The monoisotopic (exact) mass is 405 g/mol. The molecular weight excluding hydrogens is 388 g/mol. The van der Waals surface area contributed by atoms with Crippen molar-refractivity contribution in [1.29, 1.82) is 0 Å². The number of nitrogens with zero attached hydrogens (tertiary/aromatic N) is 4. The van der Waals surface area contributed by atoms with Crippen LogP contribution in [0.4, 0.5) is 4.39 Å². The molecule has 0 aromatic carbocycles. The van der Waals surface area contributed by atoms with E-state index in [9.17, 15) is 18.8 Å². The second-order valence-electron chi connectivity index (χ2n) is 7.09. The van der Waals surface area contributed by atoms with Crippen LogP contribution < -0.4 is 5.59 Å². The highest BCUT2D eigenvalue weighted by Gasteiger charge is 2.34. The van der Waals surface area contributed by atoms with Crippen molar-refractivity contribution in [2.75, 3.05) is 19.6 Å². The third kappa shape index (κ3) is 3.34. The van der Waals surface area contributed by atoms with E-state index in [4.69, 9.17) is 7.85 Å². The molecule has 1 N–H and O–H groups in total. The van der Waals surface area contributed by atoms with Crippen LogP contribution in [-0.2, 0) is 4.79 Å². The van der Waals surface area contributed by atoms with Crippen molar-refractivity contribution in [3.05, 3.63) is 53.9 Å². The van der Waals surface area contributed by atoms with Gasteiger partial charge in [-0.1, -0.05) is 6.07 Å². The van der Waals surface area contributed by atoms with Crippen LogP contribution in [0, 0.1) is 5.82 Å². The van der Waals surface area contributed by atoms with E-state index in [1.807, 2.05) is 0 Å². The molecule has 150 valence electrons. The maximum Gasteiger partial charge on any atom is 0.295 e. The van der Waals surface area contributed by atoms with Crippen molar-refractivity contribution < 1.29 is 18.8 Å². The highest BCUT2D eigenvalue weighted by molar-refractivity contribution is 6.46. The van der Waals surface area contributed by atoms with Gasteiger partial charge in [-0.3, -0.25) is 24.4 Å². The van der Waals surface area contributed by atoms with Gasteiger partial charge in [-0.25, -0.2) is 4.39 Å². The lowest BCUT2D eigenvalue weighted by atomic mass is 9.99. The Morgan fingerprint density at radius 2 is 2.03 bits per heavy atom. The van der Waals surface area contributed by atoms with Crippen LogP contribution in [0.15, 0.2) is 36.8 Å². The molecule has 3 aromatic rings. The Bertz CT molecular complexity index is 1150. The number of amides is 2. The molecule has 8 nitrogen and oxygen atoms in total. The van der Waals surface area contributed by atoms with Gasteiger partial charge in [-0.15, -0.1) is 0 Å². The number of pyridine rings is 2. The minimum atomic E-state index is -0.845. The Balaban J connectivity index is 1.52. The number of H-pyrrole nitrogens is 1. The van der Waals surface area contributed by atoms with Gasteiger partial charge < -0.3 is 14.8 Å². The third-order valence-corrected chi connectivity index (χ3v) is 5.19. The molecule has 10 heteroatoms. The SMILES string of the molecule is [B]c1ncc(F)c2c(C(=O)C(=O)N3CCN(C(=O)c4ccccn4)CC3C)c[nH]c12. The highest BCUT2D eigenvalue weighted by Crippen LogP contribution is 2.21. The van der Waals surface area contributed by atoms with Gasteiger partial charge in [0.25, 0.3) is 17.6 Å². The molecule has 0 spiro atoms. The number of ketones is 1. The fourth-order valence-electron chi connectivity index (χ4n) is 3.65. The summed E-state index contributed by atoms with van der Waals surface area (Å²) >= 11 is 0. The van der Waals surface area contributed by atoms with Crippen LogP contribution in [0.3, 0.4) is 0 Å². The number of fused-ring (bicyclic) bond motifs is 1. The van der Waals surface area contributed by atoms with Gasteiger partial charge in [0.05, 0.1) is 17.3 Å². The second kappa shape index (κ2) is 7.70. The van der Waals surface area contributed by atoms with E-state index in [0.29, 0.717) is 5.69 Å². The molecule has 1 fully saturated rings. The van der Waals surface area contributed by atoms with E-state index < -0.39 is 23.5 Å². The van der Waals surface area contributed by atoms with Crippen molar-refractivity contribution in [1.82, 2.24) is 24.8 Å². The van der Waals surface area contributed by atoms with Crippen molar-refractivity contribution in [3.63, 3.8) is 0 Å². The van der Waals surface area contributed by atoms with Gasteiger partial charge in [-0.05, 0) is 19.1 Å². The first kappa shape index (κ1) is 19.7. The van der Waals surface area contributed by atoms with Crippen molar-refractivity contribution in [2.45, 2.75) is 13.0 Å². The molecule has 2 radical (unpaired) electrons. The largest absolute Gasteiger partial charge is 0.360 e. The van der Waals surface area contributed by atoms with Crippen LogP contribution >= 0.6 is 0 Å². The number of aromatic nitrogens is 3. The summed E-state index contributed by atoms with van der Waals surface area (Å²) < 4.78 is 14.2. The molecule has 1 atom stereocenters. The molecule has 4 rings (SSSR count). The van der Waals surface area contributed by atoms with Gasteiger partial charge in [0.2, 0.25) is 0 Å². The molecule has 1 saturated heterocycles. The minimum Gasteiger partial charge on any atom is -0.360 e. The van der Waals surface area contributed by atoms with Crippen LogP contribution in [0.25, 0.3) is 10.9 Å². The predicted molar refractivity (Wildman–Crippen MR) is 107 cm³/mol. The highest BCUT2D eigenvalue weighted by atomic mass is 19.1. The second-order valence-corrected chi connectivity index (χ2v) is 7.09. The maximum absolute atomic E-state index is 14.2. The Labute approximate surface area is 172 Å². The Kier molecular flexibility index (Phi) is 5.07. The first-order chi connectivity index (χ1) is 14.4. The van der Waals surface area contributed by atoms with Crippen LogP contribution in [0.5, 0.6) is 0 Å². The zero-order valence-electron chi connectivity index (χ0n) is 16.1. The average Bonchev–Trinajstić information content (AvgIpc) is 3.22. The molecule has 1 aliphatic rings. The lowest BCUT2D eigenvalue weighted by Gasteiger charge is -2.39. The number of halogens is 1. The first-order valence-corrected chi connectivity index (χ1v) is 9.35. The third-order valence-electron chi connectivity index (χ3n) is 5.19. The van der Waals surface area contributed by atoms with Crippen molar-refractivity contribution in [3.8, 4) is 0 Å². The van der Waals surface area contributed by atoms with Crippen LogP contribution in [-0.4, -0.2) is 75.9 Å². The van der Waals surface area contributed by atoms with Crippen molar-refractivity contribution in [2.24, 2.45) is 0 Å². The summed E-state index contributed by atoms with van der Waals surface area (Å²) in [7, 11) is 5.71. The first-order valence-electron chi connectivity index (χ1n) is 9.35. The van der Waals surface area contributed by atoms with Gasteiger partial charge in [0.1, 0.15) is 13.5 Å². The maximum atomic E-state index is 14.2. The molecule has 3 aromatic heterocycles. The van der Waals surface area contributed by atoms with E-state index in [1.165, 1.54) is 17.3 Å². The summed E-state index contributed by atoms with van der Waals surface area (Å²) in [6.45, 7) is 2.45. The summed E-state index contributed by atoms with van der Waals surface area (Å²) in [4.78, 5) is 51.8. The van der Waals surface area contributed by atoms with Gasteiger partial charge in [0.15, 0.2) is 5.82 Å². The molecule has 0 saturated carbocycles. The smallest absolute Gasteiger partial charge is 0.295 e. The number of rotatable bonds is 3. The Morgan fingerprint density at radius 3 is 2.73 bits per heavy atom. The van der Waals surface area contributed by atoms with Crippen molar-refractivity contribution >= 4 is 41.9 Å². The Hall–Kier alpha value is -3.56. The number of carbonyl (C=O) groups excluding carboxylic acids is 3. The van der Waals surface area contributed by atoms with E-state index in [1.54, 1.807) is 30.0 Å². The zero-order valence-corrected chi connectivity index (χ0v) is 16.1. The number of carbonyl (C=O) groups is 3. The zero-order chi connectivity index (χ0) is 21.4. The van der Waals surface area contributed by atoms with Crippen LogP contribution in [0.2, 0.25) is 0 Å². The van der Waals surface area contributed by atoms with E-state index >= 15 is 0 Å². The van der Waals surface area contributed by atoms with Gasteiger partial charge in [0, 0.05) is 49.0 Å². The summed E-state index contributed by atoms with van der Waals surface area (Å²) in [5.74, 6) is -2.58.